The van der Waals surface area contributed by atoms with E-state index in [-0.39, 0.29) is 5.60 Å². The third kappa shape index (κ3) is 8.30. The second kappa shape index (κ2) is 7.58. The molecule has 0 amide bonds. The first-order valence-electron chi connectivity index (χ1n) is 6.96. The molecule has 104 valence electrons. The average molecular weight is 250 g/mol. The topological polar surface area (TPSA) is 9.23 Å². The van der Waals surface area contributed by atoms with Gasteiger partial charge in [-0.1, -0.05) is 65.0 Å². The van der Waals surface area contributed by atoms with E-state index in [9.17, 15) is 0 Å². The molecule has 0 saturated carbocycles. The average Bonchev–Trinajstić information content (AvgIpc) is 2.28. The van der Waals surface area contributed by atoms with Crippen molar-refractivity contribution in [3.8, 4) is 0 Å². The molecule has 0 aliphatic carbocycles. The maximum absolute atomic E-state index is 5.99. The van der Waals surface area contributed by atoms with Crippen LogP contribution in [0.3, 0.4) is 0 Å². The Kier molecular flexibility index (Phi) is 7.23. The van der Waals surface area contributed by atoms with Gasteiger partial charge < -0.3 is 4.74 Å². The van der Waals surface area contributed by atoms with Gasteiger partial charge in [0.15, 0.2) is 0 Å². The molecule has 0 aliphatic rings. The Bertz CT molecular complexity index is 306. The second-order valence-corrected chi connectivity index (χ2v) is 6.27. The Morgan fingerprint density at radius 3 is 1.83 bits per heavy atom. The quantitative estimate of drug-likeness (QED) is 0.691. The first-order valence-corrected chi connectivity index (χ1v) is 6.96. The molecule has 0 spiro atoms. The van der Waals surface area contributed by atoms with Gasteiger partial charge in [-0.05, 0) is 31.2 Å². The van der Waals surface area contributed by atoms with Crippen LogP contribution in [0.15, 0.2) is 30.3 Å². The highest BCUT2D eigenvalue weighted by Crippen LogP contribution is 2.29. The zero-order chi connectivity index (χ0) is 14.2. The maximum Gasteiger partial charge on any atom is 0.0724 e. The Morgan fingerprint density at radius 2 is 1.39 bits per heavy atom. The fraction of sp³-hybridized carbons (Fsp3) is 0.647. The molecule has 0 aliphatic heterocycles. The zero-order valence-electron chi connectivity index (χ0n) is 13.2. The van der Waals surface area contributed by atoms with Crippen molar-refractivity contribution < 1.29 is 4.74 Å². The van der Waals surface area contributed by atoms with Crippen molar-refractivity contribution in [2.45, 2.75) is 67.1 Å². The van der Waals surface area contributed by atoms with E-state index < -0.39 is 0 Å². The highest BCUT2D eigenvalue weighted by atomic mass is 16.5. The van der Waals surface area contributed by atoms with Gasteiger partial charge in [-0.15, -0.1) is 0 Å². The molecule has 0 bridgehead atoms. The molecule has 0 saturated heterocycles. The van der Waals surface area contributed by atoms with Gasteiger partial charge >= 0.3 is 0 Å². The summed E-state index contributed by atoms with van der Waals surface area (Å²) in [6.45, 7) is 15.8. The Labute approximate surface area is 114 Å². The fourth-order valence-electron chi connectivity index (χ4n) is 2.18. The van der Waals surface area contributed by atoms with E-state index in [0.717, 1.165) is 6.42 Å². The van der Waals surface area contributed by atoms with Gasteiger partial charge in [-0.3, -0.25) is 0 Å². The molecule has 0 aromatic heterocycles. The highest BCUT2D eigenvalue weighted by molar-refractivity contribution is 5.13. The smallest absolute Gasteiger partial charge is 0.0724 e. The number of hydrogen-bond donors (Lipinski definition) is 0. The summed E-state index contributed by atoms with van der Waals surface area (Å²) >= 11 is 0. The van der Waals surface area contributed by atoms with E-state index in [1.165, 1.54) is 5.56 Å². The summed E-state index contributed by atoms with van der Waals surface area (Å²) in [4.78, 5) is 0. The number of hydrogen-bond acceptors (Lipinski definition) is 1. The van der Waals surface area contributed by atoms with E-state index in [0.29, 0.717) is 12.0 Å². The van der Waals surface area contributed by atoms with E-state index >= 15 is 0 Å². The standard InChI is InChI=1S/C15H24O.C2H6/c1-14(2,3)12-15(4,5)16-11-13-9-7-6-8-10-13;1-2/h6-10H,11-12H2,1-5H3;1-2H3. The van der Waals surface area contributed by atoms with Gasteiger partial charge in [0.1, 0.15) is 0 Å². The van der Waals surface area contributed by atoms with Gasteiger partial charge in [0.25, 0.3) is 0 Å². The van der Waals surface area contributed by atoms with Crippen LogP contribution in [-0.2, 0) is 11.3 Å². The molecule has 0 fully saturated rings. The Hall–Kier alpha value is -0.820. The van der Waals surface area contributed by atoms with E-state index in [2.05, 4.69) is 58.9 Å². The number of rotatable bonds is 4. The molecule has 1 aromatic carbocycles. The van der Waals surface area contributed by atoms with Crippen molar-refractivity contribution in [1.82, 2.24) is 0 Å². The molecule has 18 heavy (non-hydrogen) atoms. The first-order chi connectivity index (χ1) is 8.29. The van der Waals surface area contributed by atoms with Crippen LogP contribution < -0.4 is 0 Å². The summed E-state index contributed by atoms with van der Waals surface area (Å²) in [6, 6.07) is 10.3. The van der Waals surface area contributed by atoms with Gasteiger partial charge in [-0.2, -0.15) is 0 Å². The Morgan fingerprint density at radius 1 is 0.889 bits per heavy atom. The van der Waals surface area contributed by atoms with Crippen LogP contribution in [-0.4, -0.2) is 5.60 Å². The molecule has 0 N–H and O–H groups in total. The van der Waals surface area contributed by atoms with Gasteiger partial charge in [0.2, 0.25) is 0 Å². The Balaban J connectivity index is 0.00000137. The fourth-order valence-corrected chi connectivity index (χ4v) is 2.18. The lowest BCUT2D eigenvalue weighted by atomic mass is 9.83. The predicted molar refractivity (Wildman–Crippen MR) is 80.7 cm³/mol. The van der Waals surface area contributed by atoms with Crippen LogP contribution in [0.1, 0.15) is 60.5 Å². The molecule has 1 heteroatoms. The lowest BCUT2D eigenvalue weighted by Gasteiger charge is -2.32. The summed E-state index contributed by atoms with van der Waals surface area (Å²) in [6.07, 6.45) is 1.06. The SMILES string of the molecule is CC.CC(C)(C)CC(C)(C)OCc1ccccc1. The van der Waals surface area contributed by atoms with Crippen molar-refractivity contribution in [3.05, 3.63) is 35.9 Å². The number of ether oxygens (including phenoxy) is 1. The lowest BCUT2D eigenvalue weighted by Crippen LogP contribution is -2.30. The molecular formula is C17H30O. The molecule has 0 radical (unpaired) electrons. The van der Waals surface area contributed by atoms with Crippen LogP contribution in [0.5, 0.6) is 0 Å². The minimum atomic E-state index is -0.0614. The summed E-state index contributed by atoms with van der Waals surface area (Å²) in [5.41, 5.74) is 1.48. The summed E-state index contributed by atoms with van der Waals surface area (Å²) < 4.78 is 5.99. The summed E-state index contributed by atoms with van der Waals surface area (Å²) in [7, 11) is 0. The minimum Gasteiger partial charge on any atom is -0.371 e. The van der Waals surface area contributed by atoms with Crippen molar-refractivity contribution in [2.75, 3.05) is 0 Å². The van der Waals surface area contributed by atoms with Gasteiger partial charge in [0, 0.05) is 0 Å². The van der Waals surface area contributed by atoms with Crippen molar-refractivity contribution in [1.29, 1.82) is 0 Å². The van der Waals surface area contributed by atoms with Crippen molar-refractivity contribution in [2.24, 2.45) is 5.41 Å². The van der Waals surface area contributed by atoms with Crippen LogP contribution in [0.25, 0.3) is 0 Å². The van der Waals surface area contributed by atoms with E-state index in [4.69, 9.17) is 4.74 Å². The van der Waals surface area contributed by atoms with Crippen LogP contribution >= 0.6 is 0 Å². The molecule has 0 atom stereocenters. The molecule has 0 unspecified atom stereocenters. The lowest BCUT2D eigenvalue weighted by molar-refractivity contribution is -0.0537. The minimum absolute atomic E-state index is 0.0614. The third-order valence-corrected chi connectivity index (χ3v) is 2.43. The van der Waals surface area contributed by atoms with Gasteiger partial charge in [-0.25, -0.2) is 0 Å². The van der Waals surface area contributed by atoms with Crippen LogP contribution in [0, 0.1) is 5.41 Å². The molecule has 1 nitrogen and oxygen atoms in total. The molecule has 0 heterocycles. The van der Waals surface area contributed by atoms with E-state index in [1.807, 2.05) is 19.9 Å². The van der Waals surface area contributed by atoms with Crippen LogP contribution in [0.4, 0.5) is 0 Å². The van der Waals surface area contributed by atoms with Gasteiger partial charge in [0.05, 0.1) is 12.2 Å². The van der Waals surface area contributed by atoms with Crippen LogP contribution in [0.2, 0.25) is 0 Å². The normalized spacial score (nSPS) is 11.7. The summed E-state index contributed by atoms with van der Waals surface area (Å²) in [5, 5.41) is 0. The highest BCUT2D eigenvalue weighted by Gasteiger charge is 2.25. The number of benzene rings is 1. The largest absolute Gasteiger partial charge is 0.371 e. The van der Waals surface area contributed by atoms with Crippen molar-refractivity contribution in [3.63, 3.8) is 0 Å². The predicted octanol–water partition coefficient (Wildman–Crippen LogP) is 5.44. The second-order valence-electron chi connectivity index (χ2n) is 6.27. The zero-order valence-corrected chi connectivity index (χ0v) is 13.2. The van der Waals surface area contributed by atoms with Crippen molar-refractivity contribution >= 4 is 0 Å². The molecule has 1 aromatic rings. The molecule has 1 rings (SSSR count). The first kappa shape index (κ1) is 17.2. The molecular weight excluding hydrogens is 220 g/mol. The maximum atomic E-state index is 5.99. The summed E-state index contributed by atoms with van der Waals surface area (Å²) in [5.74, 6) is 0. The monoisotopic (exact) mass is 250 g/mol. The van der Waals surface area contributed by atoms with E-state index in [1.54, 1.807) is 0 Å². The third-order valence-electron chi connectivity index (χ3n) is 2.43.